The fraction of sp³-hybridized carbons (Fsp3) is 0.368. The second-order valence-corrected chi connectivity index (χ2v) is 8.15. The highest BCUT2D eigenvalue weighted by molar-refractivity contribution is 7.90. The monoisotopic (exact) mass is 347 g/mol. The standard InChI is InChI=1S/C19H25NO3S/c1-14-11-16(9-10-19(14)24(4,21)22)13-20-15(2)12-17-7-5-6-8-18(17)23-3/h5-11,15,20H,12-13H2,1-4H3. The van der Waals surface area contributed by atoms with Crippen molar-refractivity contribution in [1.82, 2.24) is 5.32 Å². The third-order valence-corrected chi connectivity index (χ3v) is 5.27. The summed E-state index contributed by atoms with van der Waals surface area (Å²) in [6.07, 6.45) is 2.10. The van der Waals surface area contributed by atoms with Gasteiger partial charge in [0.25, 0.3) is 0 Å². The third kappa shape index (κ3) is 4.82. The predicted molar refractivity (Wildman–Crippen MR) is 97.3 cm³/mol. The summed E-state index contributed by atoms with van der Waals surface area (Å²) in [6, 6.07) is 13.8. The van der Waals surface area contributed by atoms with E-state index in [9.17, 15) is 8.42 Å². The lowest BCUT2D eigenvalue weighted by atomic mass is 10.1. The van der Waals surface area contributed by atoms with E-state index in [1.165, 1.54) is 11.8 Å². The van der Waals surface area contributed by atoms with Crippen LogP contribution in [0.5, 0.6) is 5.75 Å². The second-order valence-electron chi connectivity index (χ2n) is 6.17. The van der Waals surface area contributed by atoms with E-state index < -0.39 is 9.84 Å². The molecule has 2 rings (SSSR count). The average molecular weight is 347 g/mol. The molecule has 0 fully saturated rings. The van der Waals surface area contributed by atoms with Gasteiger partial charge < -0.3 is 10.1 Å². The van der Waals surface area contributed by atoms with Gasteiger partial charge in [-0.1, -0.05) is 30.3 Å². The molecule has 0 saturated heterocycles. The molecule has 0 spiro atoms. The number of rotatable bonds is 7. The van der Waals surface area contributed by atoms with Crippen molar-refractivity contribution in [3.63, 3.8) is 0 Å². The first-order chi connectivity index (χ1) is 11.3. The smallest absolute Gasteiger partial charge is 0.175 e. The fourth-order valence-corrected chi connectivity index (χ4v) is 3.76. The highest BCUT2D eigenvalue weighted by Gasteiger charge is 2.12. The molecule has 0 amide bonds. The van der Waals surface area contributed by atoms with Crippen LogP contribution in [0.4, 0.5) is 0 Å². The molecule has 0 saturated carbocycles. The van der Waals surface area contributed by atoms with E-state index in [0.29, 0.717) is 11.4 Å². The summed E-state index contributed by atoms with van der Waals surface area (Å²) < 4.78 is 28.7. The third-order valence-electron chi connectivity index (χ3n) is 4.01. The summed E-state index contributed by atoms with van der Waals surface area (Å²) in [5, 5.41) is 3.48. The Balaban J connectivity index is 1.99. The molecule has 1 atom stereocenters. The zero-order chi connectivity index (χ0) is 17.7. The van der Waals surface area contributed by atoms with Crippen molar-refractivity contribution in [2.24, 2.45) is 0 Å². The molecule has 2 aromatic carbocycles. The van der Waals surface area contributed by atoms with Crippen LogP contribution in [-0.2, 0) is 22.8 Å². The molecule has 0 aliphatic rings. The van der Waals surface area contributed by atoms with Crippen LogP contribution in [0, 0.1) is 6.92 Å². The Morgan fingerprint density at radius 2 is 1.88 bits per heavy atom. The lowest BCUT2D eigenvalue weighted by molar-refractivity contribution is 0.406. The molecule has 130 valence electrons. The molecule has 1 N–H and O–H groups in total. The molecule has 0 radical (unpaired) electrons. The molecule has 1 unspecified atom stereocenters. The van der Waals surface area contributed by atoms with Crippen molar-refractivity contribution in [1.29, 1.82) is 0 Å². The maximum absolute atomic E-state index is 11.7. The predicted octanol–water partition coefficient (Wildman–Crippen LogP) is 3.13. The molecule has 0 bridgehead atoms. The number of para-hydroxylation sites is 1. The molecular formula is C19H25NO3S. The largest absolute Gasteiger partial charge is 0.496 e. The molecule has 2 aromatic rings. The number of ether oxygens (including phenoxy) is 1. The number of aryl methyl sites for hydroxylation is 1. The van der Waals surface area contributed by atoms with E-state index in [4.69, 9.17) is 4.74 Å². The first-order valence-corrected chi connectivity index (χ1v) is 9.85. The fourth-order valence-electron chi connectivity index (χ4n) is 2.80. The average Bonchev–Trinajstić information content (AvgIpc) is 2.52. The van der Waals surface area contributed by atoms with Gasteiger partial charge in [0.1, 0.15) is 5.75 Å². The molecule has 4 nitrogen and oxygen atoms in total. The normalized spacial score (nSPS) is 12.8. The Kier molecular flexibility index (Phi) is 6.02. The van der Waals surface area contributed by atoms with E-state index >= 15 is 0 Å². The second kappa shape index (κ2) is 7.81. The van der Waals surface area contributed by atoms with Gasteiger partial charge in [-0.05, 0) is 49.1 Å². The van der Waals surface area contributed by atoms with Crippen LogP contribution in [0.25, 0.3) is 0 Å². The van der Waals surface area contributed by atoms with Crippen LogP contribution in [0.1, 0.15) is 23.6 Å². The number of hydrogen-bond donors (Lipinski definition) is 1. The van der Waals surface area contributed by atoms with Gasteiger partial charge in [-0.2, -0.15) is 0 Å². The van der Waals surface area contributed by atoms with Crippen molar-refractivity contribution < 1.29 is 13.2 Å². The first-order valence-electron chi connectivity index (χ1n) is 7.96. The van der Waals surface area contributed by atoms with Gasteiger partial charge in [-0.15, -0.1) is 0 Å². The summed E-state index contributed by atoms with van der Waals surface area (Å²) >= 11 is 0. The molecule has 5 heteroatoms. The van der Waals surface area contributed by atoms with E-state index in [-0.39, 0.29) is 6.04 Å². The molecule has 0 aliphatic heterocycles. The first kappa shape index (κ1) is 18.5. The van der Waals surface area contributed by atoms with Crippen LogP contribution in [0.3, 0.4) is 0 Å². The SMILES string of the molecule is COc1ccccc1CC(C)NCc1ccc(S(C)(=O)=O)c(C)c1. The van der Waals surface area contributed by atoms with E-state index in [2.05, 4.69) is 18.3 Å². The maximum atomic E-state index is 11.7. The van der Waals surface area contributed by atoms with Gasteiger partial charge in [0.15, 0.2) is 9.84 Å². The summed E-state index contributed by atoms with van der Waals surface area (Å²) in [6.45, 7) is 4.66. The highest BCUT2D eigenvalue weighted by atomic mass is 32.2. The lowest BCUT2D eigenvalue weighted by Gasteiger charge is -2.16. The van der Waals surface area contributed by atoms with Crippen LogP contribution in [-0.4, -0.2) is 27.8 Å². The number of benzene rings is 2. The minimum atomic E-state index is -3.16. The van der Waals surface area contributed by atoms with Gasteiger partial charge in [0, 0.05) is 18.8 Å². The number of nitrogens with one attached hydrogen (secondary N) is 1. The number of hydrogen-bond acceptors (Lipinski definition) is 4. The van der Waals surface area contributed by atoms with Crippen molar-refractivity contribution in [2.75, 3.05) is 13.4 Å². The van der Waals surface area contributed by atoms with Crippen LogP contribution in [0.2, 0.25) is 0 Å². The number of sulfone groups is 1. The van der Waals surface area contributed by atoms with Crippen LogP contribution < -0.4 is 10.1 Å². The highest BCUT2D eigenvalue weighted by Crippen LogP contribution is 2.19. The van der Waals surface area contributed by atoms with Gasteiger partial charge in [-0.25, -0.2) is 8.42 Å². The molecule has 0 aromatic heterocycles. The molecule has 0 heterocycles. The number of methoxy groups -OCH3 is 1. The van der Waals surface area contributed by atoms with Gasteiger partial charge in [0.2, 0.25) is 0 Å². The summed E-state index contributed by atoms with van der Waals surface area (Å²) in [4.78, 5) is 0.397. The van der Waals surface area contributed by atoms with Crippen LogP contribution >= 0.6 is 0 Å². The minimum absolute atomic E-state index is 0.274. The molecule has 24 heavy (non-hydrogen) atoms. The van der Waals surface area contributed by atoms with Crippen molar-refractivity contribution in [3.05, 3.63) is 59.2 Å². The zero-order valence-corrected chi connectivity index (χ0v) is 15.5. The van der Waals surface area contributed by atoms with Gasteiger partial charge >= 0.3 is 0 Å². The summed E-state index contributed by atoms with van der Waals surface area (Å²) in [5.74, 6) is 0.902. The Bertz CT molecular complexity index is 800. The zero-order valence-electron chi connectivity index (χ0n) is 14.7. The maximum Gasteiger partial charge on any atom is 0.175 e. The van der Waals surface area contributed by atoms with Gasteiger partial charge in [-0.3, -0.25) is 0 Å². The van der Waals surface area contributed by atoms with Crippen LogP contribution in [0.15, 0.2) is 47.4 Å². The topological polar surface area (TPSA) is 55.4 Å². The Labute approximate surface area is 144 Å². The van der Waals surface area contributed by atoms with E-state index in [1.54, 1.807) is 13.2 Å². The Morgan fingerprint density at radius 1 is 1.17 bits per heavy atom. The summed E-state index contributed by atoms with van der Waals surface area (Å²) in [5.41, 5.74) is 3.03. The van der Waals surface area contributed by atoms with E-state index in [1.807, 2.05) is 37.3 Å². The van der Waals surface area contributed by atoms with Crippen molar-refractivity contribution in [2.45, 2.75) is 37.8 Å². The van der Waals surface area contributed by atoms with Gasteiger partial charge in [0.05, 0.1) is 12.0 Å². The van der Waals surface area contributed by atoms with E-state index in [0.717, 1.165) is 23.3 Å². The lowest BCUT2D eigenvalue weighted by Crippen LogP contribution is -2.27. The Morgan fingerprint density at radius 3 is 2.50 bits per heavy atom. The summed E-state index contributed by atoms with van der Waals surface area (Å²) in [7, 11) is -1.48. The Hall–Kier alpha value is -1.85. The van der Waals surface area contributed by atoms with Crippen molar-refractivity contribution in [3.8, 4) is 5.75 Å². The molecular weight excluding hydrogens is 322 g/mol. The molecule has 0 aliphatic carbocycles. The minimum Gasteiger partial charge on any atom is -0.496 e. The van der Waals surface area contributed by atoms with Crippen molar-refractivity contribution >= 4 is 9.84 Å². The quantitative estimate of drug-likeness (QED) is 0.836.